The van der Waals surface area contributed by atoms with Crippen LogP contribution in [-0.2, 0) is 5.92 Å². The molecule has 0 bridgehead atoms. The summed E-state index contributed by atoms with van der Waals surface area (Å²) >= 11 is 0. The molecule has 25 heavy (non-hydrogen) atoms. The van der Waals surface area contributed by atoms with Crippen LogP contribution in [0.5, 0.6) is 0 Å². The molecule has 3 aromatic heterocycles. The molecule has 3 heterocycles. The number of halogens is 2. The van der Waals surface area contributed by atoms with Crippen LogP contribution in [0.4, 0.5) is 14.6 Å². The van der Waals surface area contributed by atoms with Gasteiger partial charge in [0.1, 0.15) is 5.82 Å². The Balaban J connectivity index is 1.96. The van der Waals surface area contributed by atoms with Gasteiger partial charge in [-0.25, -0.2) is 19.6 Å². The summed E-state index contributed by atoms with van der Waals surface area (Å²) in [4.78, 5) is 12.3. The van der Waals surface area contributed by atoms with Gasteiger partial charge < -0.3 is 5.32 Å². The minimum atomic E-state index is -3.11. The van der Waals surface area contributed by atoms with Crippen molar-refractivity contribution in [1.29, 1.82) is 0 Å². The monoisotopic (exact) mass is 344 g/mol. The Morgan fingerprint density at radius 3 is 2.64 bits per heavy atom. The molecule has 1 saturated carbocycles. The third-order valence-corrected chi connectivity index (χ3v) is 4.26. The fourth-order valence-electron chi connectivity index (χ4n) is 2.86. The third-order valence-electron chi connectivity index (χ3n) is 4.26. The molecule has 3 aromatic rings. The number of pyridine rings is 1. The molecule has 0 saturated heterocycles. The lowest BCUT2D eigenvalue weighted by atomic mass is 10.2. The van der Waals surface area contributed by atoms with Crippen molar-refractivity contribution < 1.29 is 8.78 Å². The van der Waals surface area contributed by atoms with Crippen LogP contribution in [0, 0.1) is 6.92 Å². The van der Waals surface area contributed by atoms with E-state index in [1.807, 2.05) is 6.07 Å². The molecule has 4 rings (SSSR count). The Morgan fingerprint density at radius 1 is 1.24 bits per heavy atom. The topological polar surface area (TPSA) is 68.5 Å². The second kappa shape index (κ2) is 5.44. The maximum atomic E-state index is 13.7. The molecule has 0 atom stereocenters. The van der Waals surface area contributed by atoms with Crippen LogP contribution in [0.3, 0.4) is 0 Å². The van der Waals surface area contributed by atoms with Gasteiger partial charge in [0.2, 0.25) is 5.82 Å². The summed E-state index contributed by atoms with van der Waals surface area (Å²) in [6.07, 6.45) is 3.95. The number of hydrogen-bond acceptors (Lipinski definition) is 5. The molecule has 0 amide bonds. The van der Waals surface area contributed by atoms with Crippen LogP contribution in [0.1, 0.15) is 42.9 Å². The lowest BCUT2D eigenvalue weighted by Crippen LogP contribution is -2.15. The predicted molar refractivity (Wildman–Crippen MR) is 90.3 cm³/mol. The van der Waals surface area contributed by atoms with Crippen molar-refractivity contribution in [3.63, 3.8) is 0 Å². The molecule has 130 valence electrons. The molecular formula is C17H18F2N6. The minimum absolute atomic E-state index is 0.342. The maximum absolute atomic E-state index is 13.7. The van der Waals surface area contributed by atoms with Gasteiger partial charge in [-0.05, 0) is 19.8 Å². The van der Waals surface area contributed by atoms with E-state index in [0.717, 1.165) is 36.4 Å². The highest BCUT2D eigenvalue weighted by Crippen LogP contribution is 2.43. The zero-order chi connectivity index (χ0) is 17.8. The van der Waals surface area contributed by atoms with E-state index in [1.165, 1.54) is 0 Å². The largest absolute Gasteiger partial charge is 0.373 e. The maximum Gasteiger partial charge on any atom is 0.303 e. The molecule has 1 fully saturated rings. The van der Waals surface area contributed by atoms with Crippen molar-refractivity contribution in [1.82, 2.24) is 24.7 Å². The van der Waals surface area contributed by atoms with E-state index in [4.69, 9.17) is 0 Å². The van der Waals surface area contributed by atoms with Crippen molar-refractivity contribution in [3.05, 3.63) is 35.5 Å². The highest BCUT2D eigenvalue weighted by Gasteiger charge is 2.31. The number of rotatable bonds is 4. The van der Waals surface area contributed by atoms with Gasteiger partial charge in [0.25, 0.3) is 0 Å². The normalized spacial score (nSPS) is 14.9. The fourth-order valence-corrected chi connectivity index (χ4v) is 2.86. The second-order valence-electron chi connectivity index (χ2n) is 6.49. The zero-order valence-electron chi connectivity index (χ0n) is 14.2. The van der Waals surface area contributed by atoms with Crippen LogP contribution < -0.4 is 5.32 Å². The molecule has 1 N–H and O–H groups in total. The summed E-state index contributed by atoms with van der Waals surface area (Å²) in [6.45, 7) is 2.47. The molecule has 1 aliphatic rings. The van der Waals surface area contributed by atoms with Crippen LogP contribution >= 0.6 is 0 Å². The lowest BCUT2D eigenvalue weighted by Gasteiger charge is -2.11. The number of aromatic nitrogens is 5. The van der Waals surface area contributed by atoms with Crippen molar-refractivity contribution >= 4 is 16.7 Å². The van der Waals surface area contributed by atoms with E-state index < -0.39 is 11.7 Å². The number of aryl methyl sites for hydroxylation is 1. The van der Waals surface area contributed by atoms with Crippen molar-refractivity contribution in [2.75, 3.05) is 12.4 Å². The van der Waals surface area contributed by atoms with Crippen LogP contribution in [-0.4, -0.2) is 31.8 Å². The predicted octanol–water partition coefficient (Wildman–Crippen LogP) is 3.55. The minimum Gasteiger partial charge on any atom is -0.373 e. The van der Waals surface area contributed by atoms with Gasteiger partial charge in [-0.3, -0.25) is 0 Å². The van der Waals surface area contributed by atoms with Gasteiger partial charge in [-0.2, -0.15) is 13.9 Å². The van der Waals surface area contributed by atoms with Gasteiger partial charge in [0, 0.05) is 49.3 Å². The van der Waals surface area contributed by atoms with Crippen molar-refractivity contribution in [3.8, 4) is 5.82 Å². The summed E-state index contributed by atoms with van der Waals surface area (Å²) in [7, 11) is 1.78. The Labute approximate surface area is 143 Å². The van der Waals surface area contributed by atoms with E-state index in [2.05, 4.69) is 25.4 Å². The molecule has 6 nitrogen and oxygen atoms in total. The van der Waals surface area contributed by atoms with Gasteiger partial charge >= 0.3 is 5.92 Å². The third kappa shape index (κ3) is 2.81. The van der Waals surface area contributed by atoms with Crippen LogP contribution in [0.15, 0.2) is 18.3 Å². The molecule has 0 radical (unpaired) electrons. The standard InChI is InChI=1S/C17H18F2N6/c1-9-6-14(23-16(22-9)17(2,18)19)25-12-7-13(20-3)21-8-11(12)15(24-25)10-4-5-10/h6-8,10H,4-5H2,1-3H3,(H,20,21). The first-order valence-corrected chi connectivity index (χ1v) is 8.17. The van der Waals surface area contributed by atoms with E-state index >= 15 is 0 Å². The molecular weight excluding hydrogens is 326 g/mol. The van der Waals surface area contributed by atoms with Crippen molar-refractivity contribution in [2.24, 2.45) is 0 Å². The number of hydrogen-bond donors (Lipinski definition) is 1. The summed E-state index contributed by atoms with van der Waals surface area (Å²) in [5.74, 6) is -2.18. The van der Waals surface area contributed by atoms with E-state index in [9.17, 15) is 8.78 Å². The Kier molecular flexibility index (Phi) is 3.45. The van der Waals surface area contributed by atoms with Gasteiger partial charge in [-0.1, -0.05) is 0 Å². The first kappa shape index (κ1) is 15.9. The van der Waals surface area contributed by atoms with E-state index in [-0.39, 0.29) is 0 Å². The molecule has 1 aliphatic carbocycles. The summed E-state index contributed by atoms with van der Waals surface area (Å²) in [6, 6.07) is 3.52. The number of anilines is 1. The highest BCUT2D eigenvalue weighted by molar-refractivity contribution is 5.85. The number of fused-ring (bicyclic) bond motifs is 1. The molecule has 0 spiro atoms. The smallest absolute Gasteiger partial charge is 0.303 e. The lowest BCUT2D eigenvalue weighted by molar-refractivity contribution is 0.00747. The van der Waals surface area contributed by atoms with E-state index in [0.29, 0.717) is 23.2 Å². The molecule has 8 heteroatoms. The summed E-state index contributed by atoms with van der Waals surface area (Å²) in [5.41, 5.74) is 2.22. The van der Waals surface area contributed by atoms with Gasteiger partial charge in [-0.15, -0.1) is 0 Å². The summed E-state index contributed by atoms with van der Waals surface area (Å²) in [5, 5.41) is 8.60. The zero-order valence-corrected chi connectivity index (χ0v) is 14.2. The Morgan fingerprint density at radius 2 is 2.00 bits per heavy atom. The Hall–Kier alpha value is -2.64. The number of nitrogens with zero attached hydrogens (tertiary/aromatic N) is 5. The average Bonchev–Trinajstić information content (AvgIpc) is 3.33. The number of nitrogens with one attached hydrogen (secondary N) is 1. The molecule has 0 unspecified atom stereocenters. The first-order chi connectivity index (χ1) is 11.9. The second-order valence-corrected chi connectivity index (χ2v) is 6.49. The van der Waals surface area contributed by atoms with Gasteiger partial charge in [0.05, 0.1) is 11.2 Å². The van der Waals surface area contributed by atoms with E-state index in [1.54, 1.807) is 30.9 Å². The average molecular weight is 344 g/mol. The number of alkyl halides is 2. The molecule has 0 aliphatic heterocycles. The van der Waals surface area contributed by atoms with Gasteiger partial charge in [0.15, 0.2) is 5.82 Å². The van der Waals surface area contributed by atoms with Crippen LogP contribution in [0.2, 0.25) is 0 Å². The van der Waals surface area contributed by atoms with Crippen molar-refractivity contribution in [2.45, 2.75) is 38.5 Å². The quantitative estimate of drug-likeness (QED) is 0.784. The first-order valence-electron chi connectivity index (χ1n) is 8.17. The van der Waals surface area contributed by atoms with Crippen LogP contribution in [0.25, 0.3) is 16.7 Å². The summed E-state index contributed by atoms with van der Waals surface area (Å²) < 4.78 is 29.1. The highest BCUT2D eigenvalue weighted by atomic mass is 19.3. The Bertz CT molecular complexity index is 956. The SMILES string of the molecule is CNc1cc2c(cn1)c(C1CC1)nn2-c1cc(C)nc(C(C)(F)F)n1. The fraction of sp³-hybridized carbons (Fsp3) is 0.412. The molecule has 0 aromatic carbocycles.